The van der Waals surface area contributed by atoms with Crippen LogP contribution in [0.25, 0.3) is 0 Å². The molecule has 0 saturated carbocycles. The molecule has 0 bridgehead atoms. The van der Waals surface area contributed by atoms with Gasteiger partial charge in [0.05, 0.1) is 0 Å². The second-order valence-electron chi connectivity index (χ2n) is 9.32. The maximum atomic E-state index is 5.97. The Bertz CT molecular complexity index is 1130. The van der Waals surface area contributed by atoms with E-state index in [-0.39, 0.29) is 0 Å². The first kappa shape index (κ1) is 28.4. The average Bonchev–Trinajstić information content (AvgIpc) is 2.94. The first-order valence-corrected chi connectivity index (χ1v) is 14.5. The summed E-state index contributed by atoms with van der Waals surface area (Å²) in [6.07, 6.45) is 2.11. The fourth-order valence-electron chi connectivity index (χ4n) is 4.09. The Balaban J connectivity index is 1.30. The number of rotatable bonds is 14. The number of unbranched alkanes of at least 4 members (excludes halogenated alkanes) is 1. The van der Waals surface area contributed by atoms with Crippen molar-refractivity contribution in [1.82, 2.24) is 4.90 Å². The number of nitrogens with two attached hydrogens (primary N) is 1. The molecule has 2 N–H and O–H groups in total. The summed E-state index contributed by atoms with van der Waals surface area (Å²) < 4.78 is 14.1. The Kier molecular flexibility index (Phi) is 11.3. The Hall–Kier alpha value is -2.64. The quantitative estimate of drug-likeness (QED) is 0.142. The molecule has 0 amide bonds. The van der Waals surface area contributed by atoms with Crippen LogP contribution in [0.4, 0.5) is 0 Å². The molecule has 0 atom stereocenters. The van der Waals surface area contributed by atoms with E-state index in [4.69, 9.17) is 15.2 Å². The van der Waals surface area contributed by atoms with E-state index in [0.717, 1.165) is 70.6 Å². The molecule has 0 aliphatic heterocycles. The van der Waals surface area contributed by atoms with Crippen molar-refractivity contribution in [2.24, 2.45) is 5.73 Å². The molecule has 0 unspecified atom stereocenters. The number of nitrogens with zero attached hydrogens (tertiary/aromatic N) is 1. The van der Waals surface area contributed by atoms with Gasteiger partial charge in [0.2, 0.25) is 0 Å². The van der Waals surface area contributed by atoms with Gasteiger partial charge in [-0.2, -0.15) is 0 Å². The van der Waals surface area contributed by atoms with Gasteiger partial charge < -0.3 is 15.2 Å². The van der Waals surface area contributed by atoms with Gasteiger partial charge in [-0.05, 0) is 96.7 Å². The summed E-state index contributed by atoms with van der Waals surface area (Å²) in [6.45, 7) is 4.59. The smallest absolute Gasteiger partial charge is 0.119 e. The molecule has 38 heavy (non-hydrogen) atoms. The van der Waals surface area contributed by atoms with E-state index in [1.165, 1.54) is 11.1 Å². The fraction of sp³-hybridized carbons (Fsp3) is 0.250. The summed E-state index contributed by atoms with van der Waals surface area (Å²) in [5.41, 5.74) is 10.6. The van der Waals surface area contributed by atoms with E-state index in [2.05, 4.69) is 110 Å². The minimum Gasteiger partial charge on any atom is -0.489 e. The molecule has 0 radical (unpaired) electrons. The van der Waals surface area contributed by atoms with Crippen LogP contribution >= 0.6 is 31.9 Å². The molecular weight excluding hydrogens is 604 g/mol. The third kappa shape index (κ3) is 9.59. The molecular formula is C32H34Br2N2O2. The number of halogens is 2. The topological polar surface area (TPSA) is 47.7 Å². The minimum atomic E-state index is 0.556. The van der Waals surface area contributed by atoms with Gasteiger partial charge in [-0.25, -0.2) is 0 Å². The number of hydrogen-bond donors (Lipinski definition) is 1. The third-order valence-electron chi connectivity index (χ3n) is 6.23. The van der Waals surface area contributed by atoms with Gasteiger partial charge in [0.15, 0.2) is 0 Å². The summed E-state index contributed by atoms with van der Waals surface area (Å²) in [4.78, 5) is 2.48. The molecule has 0 spiro atoms. The maximum absolute atomic E-state index is 5.97. The van der Waals surface area contributed by atoms with Crippen molar-refractivity contribution < 1.29 is 9.47 Å². The van der Waals surface area contributed by atoms with E-state index >= 15 is 0 Å². The highest BCUT2D eigenvalue weighted by molar-refractivity contribution is 9.10. The predicted octanol–water partition coefficient (Wildman–Crippen LogP) is 8.11. The highest BCUT2D eigenvalue weighted by Crippen LogP contribution is 2.20. The molecule has 6 heteroatoms. The Labute approximate surface area is 243 Å². The van der Waals surface area contributed by atoms with Gasteiger partial charge in [0, 0.05) is 22.0 Å². The zero-order valence-electron chi connectivity index (χ0n) is 21.5. The van der Waals surface area contributed by atoms with Crippen LogP contribution in [-0.4, -0.2) is 18.0 Å². The second-order valence-corrected chi connectivity index (χ2v) is 11.2. The lowest BCUT2D eigenvalue weighted by atomic mass is 10.1. The van der Waals surface area contributed by atoms with Crippen LogP contribution in [0.5, 0.6) is 11.5 Å². The maximum Gasteiger partial charge on any atom is 0.119 e. The van der Waals surface area contributed by atoms with Gasteiger partial charge in [0.25, 0.3) is 0 Å². The highest BCUT2D eigenvalue weighted by Gasteiger charge is 2.09. The molecule has 0 heterocycles. The molecule has 0 aliphatic rings. The van der Waals surface area contributed by atoms with Crippen molar-refractivity contribution in [3.8, 4) is 11.5 Å². The monoisotopic (exact) mass is 636 g/mol. The van der Waals surface area contributed by atoms with Gasteiger partial charge in [-0.1, -0.05) is 80.4 Å². The van der Waals surface area contributed by atoms with Crippen LogP contribution < -0.4 is 15.2 Å². The summed E-state index contributed by atoms with van der Waals surface area (Å²) in [6, 6.07) is 33.3. The summed E-state index contributed by atoms with van der Waals surface area (Å²) in [7, 11) is 0. The van der Waals surface area contributed by atoms with Crippen molar-refractivity contribution in [2.45, 2.75) is 39.1 Å². The lowest BCUT2D eigenvalue weighted by molar-refractivity contribution is 0.251. The van der Waals surface area contributed by atoms with Crippen LogP contribution in [0.15, 0.2) is 106 Å². The lowest BCUT2D eigenvalue weighted by Gasteiger charge is -2.23. The van der Waals surface area contributed by atoms with E-state index in [9.17, 15) is 0 Å². The van der Waals surface area contributed by atoms with Gasteiger partial charge in [-0.3, -0.25) is 4.90 Å². The Morgan fingerprint density at radius 1 is 0.526 bits per heavy atom. The molecule has 0 saturated heterocycles. The summed E-state index contributed by atoms with van der Waals surface area (Å²) in [5, 5.41) is 0. The Morgan fingerprint density at radius 3 is 1.32 bits per heavy atom. The van der Waals surface area contributed by atoms with Crippen molar-refractivity contribution in [2.75, 3.05) is 13.1 Å². The zero-order chi connectivity index (χ0) is 26.6. The number of ether oxygens (including phenoxy) is 2. The van der Waals surface area contributed by atoms with Crippen molar-refractivity contribution in [3.63, 3.8) is 0 Å². The zero-order valence-corrected chi connectivity index (χ0v) is 24.7. The van der Waals surface area contributed by atoms with Crippen LogP contribution in [0.2, 0.25) is 0 Å². The van der Waals surface area contributed by atoms with E-state index in [1.807, 2.05) is 24.3 Å². The largest absolute Gasteiger partial charge is 0.489 e. The van der Waals surface area contributed by atoms with Crippen molar-refractivity contribution in [1.29, 1.82) is 0 Å². The van der Waals surface area contributed by atoms with Crippen LogP contribution in [-0.2, 0) is 26.3 Å². The number of hydrogen-bond acceptors (Lipinski definition) is 4. The van der Waals surface area contributed by atoms with E-state index in [0.29, 0.717) is 13.2 Å². The highest BCUT2D eigenvalue weighted by atomic mass is 79.9. The molecule has 4 aromatic rings. The van der Waals surface area contributed by atoms with Crippen molar-refractivity contribution >= 4 is 31.9 Å². The molecule has 4 rings (SSSR count). The summed E-state index contributed by atoms with van der Waals surface area (Å²) >= 11 is 6.94. The number of benzene rings is 4. The van der Waals surface area contributed by atoms with E-state index < -0.39 is 0 Å². The van der Waals surface area contributed by atoms with E-state index in [1.54, 1.807) is 0 Å². The van der Waals surface area contributed by atoms with Gasteiger partial charge >= 0.3 is 0 Å². The fourth-order valence-corrected chi connectivity index (χ4v) is 4.62. The second kappa shape index (κ2) is 15.1. The van der Waals surface area contributed by atoms with Crippen molar-refractivity contribution in [3.05, 3.63) is 128 Å². The molecule has 4 aromatic carbocycles. The third-order valence-corrected chi connectivity index (χ3v) is 7.28. The molecule has 198 valence electrons. The van der Waals surface area contributed by atoms with Crippen LogP contribution in [0.3, 0.4) is 0 Å². The molecule has 0 aliphatic carbocycles. The predicted molar refractivity (Wildman–Crippen MR) is 162 cm³/mol. The molecule has 4 nitrogen and oxygen atoms in total. The first-order chi connectivity index (χ1) is 18.6. The standard InChI is InChI=1S/C32H34Br2N2O2/c33-29-11-3-27(4-12-29)23-37-31-15-7-25(8-16-31)21-36(20-2-1-19-35)22-26-9-17-32(18-10-26)38-24-28-5-13-30(34)14-6-28/h3-18H,1-2,19-24,35H2. The SMILES string of the molecule is NCCCCN(Cc1ccc(OCc2ccc(Br)cc2)cc1)Cc1ccc(OCc2ccc(Br)cc2)cc1. The van der Waals surface area contributed by atoms with Gasteiger partial charge in [-0.15, -0.1) is 0 Å². The Morgan fingerprint density at radius 2 is 0.921 bits per heavy atom. The minimum absolute atomic E-state index is 0.556. The lowest BCUT2D eigenvalue weighted by Crippen LogP contribution is -2.24. The summed E-state index contributed by atoms with van der Waals surface area (Å²) in [5.74, 6) is 1.76. The normalized spacial score (nSPS) is 11.1. The van der Waals surface area contributed by atoms with Crippen LogP contribution in [0, 0.1) is 0 Å². The average molecular weight is 638 g/mol. The molecule has 0 aromatic heterocycles. The van der Waals surface area contributed by atoms with Crippen LogP contribution in [0.1, 0.15) is 35.1 Å². The first-order valence-electron chi connectivity index (χ1n) is 12.9. The molecule has 0 fully saturated rings. The van der Waals surface area contributed by atoms with Gasteiger partial charge in [0.1, 0.15) is 24.7 Å².